The summed E-state index contributed by atoms with van der Waals surface area (Å²) in [5.41, 5.74) is 0. The number of nitrogens with zero attached hydrogens (tertiary/aromatic N) is 1. The van der Waals surface area contributed by atoms with E-state index in [1.165, 1.54) is 51.4 Å². The molecule has 0 aromatic carbocycles. The lowest BCUT2D eigenvalue weighted by Crippen LogP contribution is -1.93. The number of carbonyl (C=O) groups excluding carboxylic acids is 1. The lowest BCUT2D eigenvalue weighted by atomic mass is 10.1. The first-order valence-corrected chi connectivity index (χ1v) is 7.36. The molecular weight excluding hydrogens is 210 g/mol. The molecule has 0 saturated heterocycles. The molecule has 0 rings (SSSR count). The van der Waals surface area contributed by atoms with Gasteiger partial charge >= 0.3 is 0 Å². The Kier molecular flexibility index (Phi) is 12.9. The summed E-state index contributed by atoms with van der Waals surface area (Å²) in [6.45, 7) is 4.24. The SMILES string of the molecule is CCC=NC(=O)CCCCCCCCCCC. The summed E-state index contributed by atoms with van der Waals surface area (Å²) >= 11 is 0. The maximum Gasteiger partial charge on any atom is 0.245 e. The van der Waals surface area contributed by atoms with E-state index in [0.29, 0.717) is 6.42 Å². The summed E-state index contributed by atoms with van der Waals surface area (Å²) in [5, 5.41) is 0. The van der Waals surface area contributed by atoms with Gasteiger partial charge in [-0.15, -0.1) is 0 Å². The van der Waals surface area contributed by atoms with Gasteiger partial charge in [-0.1, -0.05) is 65.2 Å². The van der Waals surface area contributed by atoms with Gasteiger partial charge in [-0.05, 0) is 12.8 Å². The second-order valence-electron chi connectivity index (χ2n) is 4.69. The molecule has 0 fully saturated rings. The van der Waals surface area contributed by atoms with Crippen molar-refractivity contribution in [1.29, 1.82) is 0 Å². The first-order valence-electron chi connectivity index (χ1n) is 7.36. The van der Waals surface area contributed by atoms with Crippen LogP contribution in [0.25, 0.3) is 0 Å². The third-order valence-corrected chi connectivity index (χ3v) is 2.91. The molecule has 0 heterocycles. The summed E-state index contributed by atoms with van der Waals surface area (Å²) in [5.74, 6) is 0.0507. The molecule has 0 aromatic rings. The van der Waals surface area contributed by atoms with Crippen molar-refractivity contribution in [3.8, 4) is 0 Å². The number of aliphatic imine (C=N–C) groups is 1. The van der Waals surface area contributed by atoms with Gasteiger partial charge in [-0.25, -0.2) is 4.99 Å². The van der Waals surface area contributed by atoms with Crippen LogP contribution in [0.15, 0.2) is 4.99 Å². The standard InChI is InChI=1S/C15H29NO/c1-3-5-6-7-8-9-10-11-12-13-15(17)16-14-4-2/h14H,3-13H2,1-2H3. The van der Waals surface area contributed by atoms with E-state index in [4.69, 9.17) is 0 Å². The third-order valence-electron chi connectivity index (χ3n) is 2.91. The van der Waals surface area contributed by atoms with Crippen molar-refractivity contribution in [2.75, 3.05) is 0 Å². The van der Waals surface area contributed by atoms with E-state index in [0.717, 1.165) is 12.8 Å². The summed E-state index contributed by atoms with van der Waals surface area (Å²) < 4.78 is 0. The molecule has 17 heavy (non-hydrogen) atoms. The van der Waals surface area contributed by atoms with E-state index >= 15 is 0 Å². The fourth-order valence-electron chi connectivity index (χ4n) is 1.84. The number of amides is 1. The Morgan fingerprint density at radius 3 is 1.94 bits per heavy atom. The van der Waals surface area contributed by atoms with E-state index in [9.17, 15) is 4.79 Å². The zero-order valence-electron chi connectivity index (χ0n) is 11.7. The van der Waals surface area contributed by atoms with Crippen LogP contribution in [0, 0.1) is 0 Å². The van der Waals surface area contributed by atoms with Crippen LogP contribution < -0.4 is 0 Å². The monoisotopic (exact) mass is 239 g/mol. The Morgan fingerprint density at radius 1 is 0.882 bits per heavy atom. The molecule has 0 bridgehead atoms. The maximum atomic E-state index is 11.2. The minimum atomic E-state index is 0.0507. The second-order valence-corrected chi connectivity index (χ2v) is 4.69. The van der Waals surface area contributed by atoms with Crippen LogP contribution in [0.3, 0.4) is 0 Å². The van der Waals surface area contributed by atoms with Gasteiger partial charge in [0.25, 0.3) is 0 Å². The highest BCUT2D eigenvalue weighted by Crippen LogP contribution is 2.10. The number of carbonyl (C=O) groups is 1. The maximum absolute atomic E-state index is 11.2. The van der Waals surface area contributed by atoms with Gasteiger partial charge in [-0.3, -0.25) is 4.79 Å². The normalized spacial score (nSPS) is 11.2. The number of unbranched alkanes of at least 4 members (excludes halogenated alkanes) is 8. The van der Waals surface area contributed by atoms with Crippen molar-refractivity contribution in [2.45, 2.75) is 84.5 Å². The zero-order valence-corrected chi connectivity index (χ0v) is 11.7. The smallest absolute Gasteiger partial charge is 0.245 e. The Hall–Kier alpha value is -0.660. The molecule has 1 amide bonds. The molecule has 0 aliphatic heterocycles. The molecule has 0 N–H and O–H groups in total. The largest absolute Gasteiger partial charge is 0.273 e. The van der Waals surface area contributed by atoms with Crippen LogP contribution in [0.5, 0.6) is 0 Å². The van der Waals surface area contributed by atoms with Crippen LogP contribution >= 0.6 is 0 Å². The Morgan fingerprint density at radius 2 is 1.41 bits per heavy atom. The molecule has 2 nitrogen and oxygen atoms in total. The van der Waals surface area contributed by atoms with Gasteiger partial charge in [0, 0.05) is 12.6 Å². The highest BCUT2D eigenvalue weighted by Gasteiger charge is 1.97. The van der Waals surface area contributed by atoms with Gasteiger partial charge in [0.05, 0.1) is 0 Å². The van der Waals surface area contributed by atoms with Crippen molar-refractivity contribution in [2.24, 2.45) is 4.99 Å². The lowest BCUT2D eigenvalue weighted by molar-refractivity contribution is -0.117. The summed E-state index contributed by atoms with van der Waals surface area (Å²) in [6.07, 6.45) is 14.8. The summed E-state index contributed by atoms with van der Waals surface area (Å²) in [6, 6.07) is 0. The predicted octanol–water partition coefficient (Wildman–Crippen LogP) is 4.91. The first-order chi connectivity index (χ1) is 8.31. The third kappa shape index (κ3) is 13.3. The van der Waals surface area contributed by atoms with Crippen molar-refractivity contribution in [3.63, 3.8) is 0 Å². The number of hydrogen-bond donors (Lipinski definition) is 0. The average molecular weight is 239 g/mol. The highest BCUT2D eigenvalue weighted by molar-refractivity contribution is 5.84. The minimum Gasteiger partial charge on any atom is -0.273 e. The van der Waals surface area contributed by atoms with E-state index in [-0.39, 0.29) is 5.91 Å². The summed E-state index contributed by atoms with van der Waals surface area (Å²) in [7, 11) is 0. The molecule has 0 radical (unpaired) electrons. The van der Waals surface area contributed by atoms with Gasteiger partial charge in [-0.2, -0.15) is 0 Å². The van der Waals surface area contributed by atoms with Crippen LogP contribution in [0.4, 0.5) is 0 Å². The van der Waals surface area contributed by atoms with E-state index in [2.05, 4.69) is 11.9 Å². The number of rotatable bonds is 11. The molecule has 2 heteroatoms. The van der Waals surface area contributed by atoms with Crippen molar-refractivity contribution < 1.29 is 4.79 Å². The molecule has 0 aliphatic rings. The minimum absolute atomic E-state index is 0.0507. The zero-order chi connectivity index (χ0) is 12.8. The van der Waals surface area contributed by atoms with Gasteiger partial charge in [0.1, 0.15) is 0 Å². The Bertz CT molecular complexity index is 199. The topological polar surface area (TPSA) is 29.4 Å². The lowest BCUT2D eigenvalue weighted by Gasteiger charge is -2.00. The van der Waals surface area contributed by atoms with Crippen molar-refractivity contribution >= 4 is 12.1 Å². The Labute approximate surface area is 107 Å². The van der Waals surface area contributed by atoms with Gasteiger partial charge in [0.15, 0.2) is 0 Å². The van der Waals surface area contributed by atoms with Gasteiger partial charge in [0.2, 0.25) is 5.91 Å². The molecule has 0 aromatic heterocycles. The molecular formula is C15H29NO. The molecule has 0 aliphatic carbocycles. The van der Waals surface area contributed by atoms with Gasteiger partial charge < -0.3 is 0 Å². The molecule has 0 spiro atoms. The van der Waals surface area contributed by atoms with Crippen LogP contribution in [-0.2, 0) is 4.79 Å². The van der Waals surface area contributed by atoms with Crippen LogP contribution in [-0.4, -0.2) is 12.1 Å². The van der Waals surface area contributed by atoms with Crippen LogP contribution in [0.2, 0.25) is 0 Å². The average Bonchev–Trinajstić information content (AvgIpc) is 2.34. The quantitative estimate of drug-likeness (QED) is 0.372. The fourth-order valence-corrected chi connectivity index (χ4v) is 1.84. The van der Waals surface area contributed by atoms with Crippen LogP contribution in [0.1, 0.15) is 84.5 Å². The van der Waals surface area contributed by atoms with E-state index in [1.807, 2.05) is 6.92 Å². The molecule has 0 atom stereocenters. The van der Waals surface area contributed by atoms with E-state index in [1.54, 1.807) is 6.21 Å². The molecule has 0 saturated carbocycles. The van der Waals surface area contributed by atoms with Crippen molar-refractivity contribution in [1.82, 2.24) is 0 Å². The second kappa shape index (κ2) is 13.4. The summed E-state index contributed by atoms with van der Waals surface area (Å²) in [4.78, 5) is 15.1. The Balaban J connectivity index is 3.13. The molecule has 0 unspecified atom stereocenters. The fraction of sp³-hybridized carbons (Fsp3) is 0.867. The highest BCUT2D eigenvalue weighted by atomic mass is 16.1. The number of hydrogen-bond acceptors (Lipinski definition) is 1. The van der Waals surface area contributed by atoms with Crippen molar-refractivity contribution in [3.05, 3.63) is 0 Å². The first kappa shape index (κ1) is 16.3. The van der Waals surface area contributed by atoms with E-state index < -0.39 is 0 Å². The molecule has 100 valence electrons. The predicted molar refractivity (Wildman–Crippen MR) is 75.6 cm³/mol.